The van der Waals surface area contributed by atoms with Crippen LogP contribution in [0.4, 0.5) is 0 Å². The molecule has 2 atom stereocenters. The van der Waals surface area contributed by atoms with Gasteiger partial charge in [0.2, 0.25) is 5.91 Å². The highest BCUT2D eigenvalue weighted by Gasteiger charge is 2.17. The third-order valence-corrected chi connectivity index (χ3v) is 10.5. The second-order valence-electron chi connectivity index (χ2n) is 15.5. The Labute approximate surface area is 307 Å². The van der Waals surface area contributed by atoms with Gasteiger partial charge in [0, 0.05) is 6.42 Å². The SMILES string of the molecule is CCCCCCCCCCCCCCCC=CC(O)C(CO)NC(=O)CCCCCCCCCCCCCCCCCCCCCCCC. The Kier molecular flexibility index (Phi) is 40.8. The molecule has 0 saturated carbocycles. The molecule has 0 aromatic rings. The maximum absolute atomic E-state index is 12.4. The molecule has 0 radical (unpaired) electrons. The van der Waals surface area contributed by atoms with Crippen LogP contribution < -0.4 is 5.32 Å². The number of hydrogen-bond acceptors (Lipinski definition) is 3. The molecule has 49 heavy (non-hydrogen) atoms. The zero-order valence-corrected chi connectivity index (χ0v) is 33.5. The number of nitrogens with one attached hydrogen (secondary N) is 1. The van der Waals surface area contributed by atoms with E-state index in [1.165, 1.54) is 205 Å². The second-order valence-corrected chi connectivity index (χ2v) is 15.5. The highest BCUT2D eigenvalue weighted by molar-refractivity contribution is 5.76. The van der Waals surface area contributed by atoms with Crippen molar-refractivity contribution in [3.63, 3.8) is 0 Å². The molecular weight excluding hydrogens is 602 g/mol. The van der Waals surface area contributed by atoms with Gasteiger partial charge in [-0.25, -0.2) is 0 Å². The molecule has 0 fully saturated rings. The van der Waals surface area contributed by atoms with E-state index < -0.39 is 12.1 Å². The van der Waals surface area contributed by atoms with Crippen molar-refractivity contribution in [2.45, 2.75) is 264 Å². The van der Waals surface area contributed by atoms with E-state index in [2.05, 4.69) is 19.2 Å². The van der Waals surface area contributed by atoms with E-state index in [9.17, 15) is 15.0 Å². The van der Waals surface area contributed by atoms with E-state index in [-0.39, 0.29) is 12.5 Å². The minimum atomic E-state index is -0.833. The fraction of sp³-hybridized carbons (Fsp3) is 0.933. The first-order chi connectivity index (χ1) is 24.2. The monoisotopic (exact) mass is 692 g/mol. The summed E-state index contributed by atoms with van der Waals surface area (Å²) in [5.74, 6) is -0.0591. The van der Waals surface area contributed by atoms with E-state index in [0.29, 0.717) is 6.42 Å². The highest BCUT2D eigenvalue weighted by atomic mass is 16.3. The molecule has 4 heteroatoms. The number of carbonyl (C=O) groups excluding carboxylic acids is 1. The maximum atomic E-state index is 12.4. The molecule has 0 aliphatic heterocycles. The number of aliphatic hydroxyl groups is 2. The Morgan fingerprint density at radius 2 is 0.755 bits per heavy atom. The summed E-state index contributed by atoms with van der Waals surface area (Å²) in [6.07, 6.45) is 51.8. The first kappa shape index (κ1) is 48.1. The topological polar surface area (TPSA) is 69.6 Å². The predicted molar refractivity (Wildman–Crippen MR) is 216 cm³/mol. The standard InChI is InChI=1S/C45H89NO3/c1-3-5-7-9-11-13-15-17-19-20-21-22-23-24-25-27-29-31-33-35-37-39-41-45(49)46-43(42-47)44(48)40-38-36-34-32-30-28-26-18-16-14-12-10-8-6-4-2/h38,40,43-44,47-48H,3-37,39,41-42H2,1-2H3,(H,46,49). The summed E-state index contributed by atoms with van der Waals surface area (Å²) in [6.45, 7) is 4.33. The number of rotatable bonds is 41. The summed E-state index contributed by atoms with van der Waals surface area (Å²) < 4.78 is 0. The lowest BCUT2D eigenvalue weighted by Crippen LogP contribution is -2.45. The van der Waals surface area contributed by atoms with Crippen molar-refractivity contribution in [1.82, 2.24) is 5.32 Å². The summed E-state index contributed by atoms with van der Waals surface area (Å²) in [4.78, 5) is 12.4. The number of allylic oxidation sites excluding steroid dienone is 1. The van der Waals surface area contributed by atoms with E-state index in [4.69, 9.17) is 0 Å². The van der Waals surface area contributed by atoms with Crippen molar-refractivity contribution >= 4 is 5.91 Å². The number of aliphatic hydroxyl groups excluding tert-OH is 2. The van der Waals surface area contributed by atoms with Crippen LogP contribution in [0.5, 0.6) is 0 Å². The Hall–Kier alpha value is -0.870. The third-order valence-electron chi connectivity index (χ3n) is 10.5. The molecule has 0 rings (SSSR count). The average molecular weight is 692 g/mol. The van der Waals surface area contributed by atoms with E-state index in [1.807, 2.05) is 6.08 Å². The van der Waals surface area contributed by atoms with Crippen LogP contribution in [-0.4, -0.2) is 34.9 Å². The molecular formula is C45H89NO3. The minimum absolute atomic E-state index is 0.0591. The van der Waals surface area contributed by atoms with Crippen molar-refractivity contribution in [3.05, 3.63) is 12.2 Å². The Balaban J connectivity index is 3.50. The van der Waals surface area contributed by atoms with Crippen LogP contribution in [0.2, 0.25) is 0 Å². The molecule has 2 unspecified atom stereocenters. The zero-order valence-electron chi connectivity index (χ0n) is 33.5. The molecule has 0 bridgehead atoms. The van der Waals surface area contributed by atoms with Crippen LogP contribution in [-0.2, 0) is 4.79 Å². The van der Waals surface area contributed by atoms with Gasteiger partial charge < -0.3 is 15.5 Å². The minimum Gasteiger partial charge on any atom is -0.394 e. The van der Waals surface area contributed by atoms with Gasteiger partial charge in [0.15, 0.2) is 0 Å². The Morgan fingerprint density at radius 3 is 1.06 bits per heavy atom. The van der Waals surface area contributed by atoms with Gasteiger partial charge >= 0.3 is 0 Å². The van der Waals surface area contributed by atoms with Crippen molar-refractivity contribution < 1.29 is 15.0 Å². The first-order valence-corrected chi connectivity index (χ1v) is 22.4. The average Bonchev–Trinajstić information content (AvgIpc) is 3.10. The summed E-state index contributed by atoms with van der Waals surface area (Å²) in [7, 11) is 0. The van der Waals surface area contributed by atoms with Gasteiger partial charge in [-0.1, -0.05) is 238 Å². The molecule has 4 nitrogen and oxygen atoms in total. The lowest BCUT2D eigenvalue weighted by molar-refractivity contribution is -0.123. The molecule has 0 spiro atoms. The number of amides is 1. The molecule has 0 aliphatic carbocycles. The molecule has 0 heterocycles. The van der Waals surface area contributed by atoms with Crippen molar-refractivity contribution in [3.8, 4) is 0 Å². The Morgan fingerprint density at radius 1 is 0.469 bits per heavy atom. The predicted octanol–water partition coefficient (Wildman–Crippen LogP) is 13.9. The molecule has 1 amide bonds. The first-order valence-electron chi connectivity index (χ1n) is 22.4. The fourth-order valence-corrected chi connectivity index (χ4v) is 7.06. The van der Waals surface area contributed by atoms with Crippen molar-refractivity contribution in [2.75, 3.05) is 6.61 Å². The second kappa shape index (κ2) is 41.5. The van der Waals surface area contributed by atoms with Crippen molar-refractivity contribution in [1.29, 1.82) is 0 Å². The molecule has 0 aromatic carbocycles. The normalized spacial score (nSPS) is 13.0. The number of unbranched alkanes of at least 4 members (excludes halogenated alkanes) is 34. The number of carbonyl (C=O) groups is 1. The van der Waals surface area contributed by atoms with E-state index in [0.717, 1.165) is 25.7 Å². The quantitative estimate of drug-likeness (QED) is 0.0441. The third kappa shape index (κ3) is 38.2. The molecule has 3 N–H and O–H groups in total. The van der Waals surface area contributed by atoms with Gasteiger partial charge in [0.25, 0.3) is 0 Å². The van der Waals surface area contributed by atoms with Crippen LogP contribution in [0, 0.1) is 0 Å². The van der Waals surface area contributed by atoms with E-state index in [1.54, 1.807) is 6.08 Å². The van der Waals surface area contributed by atoms with E-state index >= 15 is 0 Å². The van der Waals surface area contributed by atoms with Crippen LogP contribution in [0.25, 0.3) is 0 Å². The largest absolute Gasteiger partial charge is 0.394 e. The van der Waals surface area contributed by atoms with Crippen LogP contribution in [0.1, 0.15) is 251 Å². The van der Waals surface area contributed by atoms with Crippen LogP contribution in [0.3, 0.4) is 0 Å². The van der Waals surface area contributed by atoms with Gasteiger partial charge in [0.1, 0.15) is 0 Å². The van der Waals surface area contributed by atoms with Gasteiger partial charge in [-0.15, -0.1) is 0 Å². The summed E-state index contributed by atoms with van der Waals surface area (Å²) in [5, 5.41) is 23.0. The molecule has 292 valence electrons. The number of hydrogen-bond donors (Lipinski definition) is 3. The van der Waals surface area contributed by atoms with Gasteiger partial charge in [-0.05, 0) is 19.3 Å². The van der Waals surface area contributed by atoms with Crippen LogP contribution in [0.15, 0.2) is 12.2 Å². The van der Waals surface area contributed by atoms with Crippen LogP contribution >= 0.6 is 0 Å². The summed E-state index contributed by atoms with van der Waals surface area (Å²) in [6, 6.07) is -0.616. The lowest BCUT2D eigenvalue weighted by Gasteiger charge is -2.20. The van der Waals surface area contributed by atoms with Gasteiger partial charge in [-0.2, -0.15) is 0 Å². The highest BCUT2D eigenvalue weighted by Crippen LogP contribution is 2.16. The fourth-order valence-electron chi connectivity index (χ4n) is 7.06. The molecule has 0 aromatic heterocycles. The summed E-state index contributed by atoms with van der Waals surface area (Å²) in [5.41, 5.74) is 0. The maximum Gasteiger partial charge on any atom is 0.220 e. The molecule has 0 saturated heterocycles. The van der Waals surface area contributed by atoms with Gasteiger partial charge in [0.05, 0.1) is 18.8 Å². The Bertz CT molecular complexity index is 666. The summed E-state index contributed by atoms with van der Waals surface area (Å²) >= 11 is 0. The molecule has 0 aliphatic rings. The van der Waals surface area contributed by atoms with Crippen molar-refractivity contribution in [2.24, 2.45) is 0 Å². The lowest BCUT2D eigenvalue weighted by atomic mass is 10.0. The smallest absolute Gasteiger partial charge is 0.220 e. The van der Waals surface area contributed by atoms with Gasteiger partial charge in [-0.3, -0.25) is 4.79 Å². The zero-order chi connectivity index (χ0) is 35.7.